The molecular weight excluding hydrogens is 262 g/mol. The van der Waals surface area contributed by atoms with Crippen molar-refractivity contribution in [1.29, 1.82) is 0 Å². The zero-order valence-electron chi connectivity index (χ0n) is 11.4. The third-order valence-corrected chi connectivity index (χ3v) is 2.82. The standard InChI is InChI=1S/C13H15N3O4/c1-4-19-13(18)11-7(2)10(8(3)14-11)12(17)15-9-5-6-20-16-9/h5-6,14H,4H2,1-3H3,(H,15,16,17). The number of aromatic amines is 1. The maximum Gasteiger partial charge on any atom is 0.355 e. The van der Waals surface area contributed by atoms with Gasteiger partial charge in [-0.05, 0) is 26.3 Å². The predicted molar refractivity (Wildman–Crippen MR) is 70.7 cm³/mol. The van der Waals surface area contributed by atoms with Gasteiger partial charge in [0.05, 0.1) is 12.2 Å². The number of H-pyrrole nitrogens is 1. The maximum absolute atomic E-state index is 12.2. The fourth-order valence-corrected chi connectivity index (χ4v) is 1.95. The molecular formula is C13H15N3O4. The molecule has 7 heteroatoms. The molecule has 0 saturated carbocycles. The lowest BCUT2D eigenvalue weighted by Crippen LogP contribution is -2.14. The zero-order chi connectivity index (χ0) is 14.7. The molecule has 2 rings (SSSR count). The van der Waals surface area contributed by atoms with Crippen LogP contribution in [-0.2, 0) is 4.74 Å². The first-order valence-electron chi connectivity index (χ1n) is 6.12. The van der Waals surface area contributed by atoms with Gasteiger partial charge in [0, 0.05) is 11.8 Å². The summed E-state index contributed by atoms with van der Waals surface area (Å²) in [5.41, 5.74) is 1.82. The van der Waals surface area contributed by atoms with Crippen molar-refractivity contribution < 1.29 is 18.8 Å². The van der Waals surface area contributed by atoms with Crippen LogP contribution in [0.15, 0.2) is 16.9 Å². The molecule has 0 radical (unpaired) electrons. The number of hydrogen-bond donors (Lipinski definition) is 2. The van der Waals surface area contributed by atoms with Crippen molar-refractivity contribution in [3.05, 3.63) is 34.8 Å². The number of hydrogen-bond acceptors (Lipinski definition) is 5. The Kier molecular flexibility index (Phi) is 3.88. The molecule has 2 N–H and O–H groups in total. The van der Waals surface area contributed by atoms with E-state index in [2.05, 4.69) is 20.0 Å². The topological polar surface area (TPSA) is 97.2 Å². The third-order valence-electron chi connectivity index (χ3n) is 2.82. The molecule has 0 bridgehead atoms. The highest BCUT2D eigenvalue weighted by Crippen LogP contribution is 2.20. The zero-order valence-corrected chi connectivity index (χ0v) is 11.4. The van der Waals surface area contributed by atoms with E-state index in [0.717, 1.165) is 0 Å². The van der Waals surface area contributed by atoms with E-state index >= 15 is 0 Å². The molecule has 0 aliphatic carbocycles. The van der Waals surface area contributed by atoms with Gasteiger partial charge in [0.15, 0.2) is 5.82 Å². The number of aromatic nitrogens is 2. The van der Waals surface area contributed by atoms with Crippen molar-refractivity contribution in [2.24, 2.45) is 0 Å². The van der Waals surface area contributed by atoms with Gasteiger partial charge in [-0.3, -0.25) is 4.79 Å². The Hall–Kier alpha value is -2.57. The average Bonchev–Trinajstić information content (AvgIpc) is 2.98. The van der Waals surface area contributed by atoms with Gasteiger partial charge in [0.25, 0.3) is 5.91 Å². The lowest BCUT2D eigenvalue weighted by molar-refractivity contribution is 0.0519. The van der Waals surface area contributed by atoms with Crippen LogP contribution in [0.25, 0.3) is 0 Å². The van der Waals surface area contributed by atoms with Crippen LogP contribution in [0.4, 0.5) is 5.82 Å². The highest BCUT2D eigenvalue weighted by Gasteiger charge is 2.23. The van der Waals surface area contributed by atoms with Gasteiger partial charge in [-0.2, -0.15) is 0 Å². The van der Waals surface area contributed by atoms with E-state index in [1.54, 1.807) is 20.8 Å². The predicted octanol–water partition coefficient (Wildman–Crippen LogP) is 2.05. The number of carbonyl (C=O) groups is 2. The Morgan fingerprint density at radius 2 is 2.20 bits per heavy atom. The van der Waals surface area contributed by atoms with Crippen molar-refractivity contribution in [3.63, 3.8) is 0 Å². The summed E-state index contributed by atoms with van der Waals surface area (Å²) in [6.45, 7) is 5.40. The van der Waals surface area contributed by atoms with Crippen molar-refractivity contribution in [1.82, 2.24) is 10.1 Å². The molecule has 0 spiro atoms. The van der Waals surface area contributed by atoms with Crippen LogP contribution in [0.3, 0.4) is 0 Å². The van der Waals surface area contributed by atoms with Crippen LogP contribution in [0.2, 0.25) is 0 Å². The molecule has 7 nitrogen and oxygen atoms in total. The van der Waals surface area contributed by atoms with E-state index in [-0.39, 0.29) is 18.2 Å². The molecule has 0 fully saturated rings. The summed E-state index contributed by atoms with van der Waals surface area (Å²) in [6.07, 6.45) is 1.36. The summed E-state index contributed by atoms with van der Waals surface area (Å²) in [5, 5.41) is 6.19. The Morgan fingerprint density at radius 1 is 1.45 bits per heavy atom. The fourth-order valence-electron chi connectivity index (χ4n) is 1.95. The van der Waals surface area contributed by atoms with E-state index in [1.807, 2.05) is 0 Å². The Morgan fingerprint density at radius 3 is 2.80 bits per heavy atom. The minimum atomic E-state index is -0.478. The van der Waals surface area contributed by atoms with Gasteiger partial charge in [-0.25, -0.2) is 4.79 Å². The molecule has 2 aromatic heterocycles. The van der Waals surface area contributed by atoms with Crippen LogP contribution in [-0.4, -0.2) is 28.6 Å². The van der Waals surface area contributed by atoms with E-state index in [1.165, 1.54) is 12.3 Å². The molecule has 106 valence electrons. The number of amides is 1. The van der Waals surface area contributed by atoms with Crippen LogP contribution in [0.1, 0.15) is 39.0 Å². The Bertz CT molecular complexity index is 628. The summed E-state index contributed by atoms with van der Waals surface area (Å²) >= 11 is 0. The first-order valence-corrected chi connectivity index (χ1v) is 6.12. The second-order valence-corrected chi connectivity index (χ2v) is 4.18. The molecule has 2 heterocycles. The molecule has 1 amide bonds. The van der Waals surface area contributed by atoms with Crippen molar-refractivity contribution >= 4 is 17.7 Å². The quantitative estimate of drug-likeness (QED) is 0.833. The summed E-state index contributed by atoms with van der Waals surface area (Å²) < 4.78 is 9.57. The van der Waals surface area contributed by atoms with Crippen LogP contribution < -0.4 is 5.32 Å². The lowest BCUT2D eigenvalue weighted by atomic mass is 10.1. The van der Waals surface area contributed by atoms with Gasteiger partial charge in [-0.15, -0.1) is 0 Å². The molecule has 0 aliphatic heterocycles. The second kappa shape index (κ2) is 5.60. The molecule has 0 aliphatic rings. The second-order valence-electron chi connectivity index (χ2n) is 4.18. The maximum atomic E-state index is 12.2. The van der Waals surface area contributed by atoms with Crippen LogP contribution >= 0.6 is 0 Å². The average molecular weight is 277 g/mol. The van der Waals surface area contributed by atoms with E-state index < -0.39 is 5.97 Å². The summed E-state index contributed by atoms with van der Waals surface area (Å²) in [7, 11) is 0. The molecule has 0 saturated heterocycles. The number of anilines is 1. The van der Waals surface area contributed by atoms with E-state index in [9.17, 15) is 9.59 Å². The highest BCUT2D eigenvalue weighted by molar-refractivity contribution is 6.07. The van der Waals surface area contributed by atoms with Crippen LogP contribution in [0, 0.1) is 13.8 Å². The Labute approximate surface area is 115 Å². The number of nitrogens with one attached hydrogen (secondary N) is 2. The van der Waals surface area contributed by atoms with Gasteiger partial charge in [0.1, 0.15) is 12.0 Å². The van der Waals surface area contributed by atoms with E-state index in [4.69, 9.17) is 4.74 Å². The van der Waals surface area contributed by atoms with Gasteiger partial charge in [-0.1, -0.05) is 5.16 Å². The SMILES string of the molecule is CCOC(=O)c1[nH]c(C)c(C(=O)Nc2ccon2)c1C. The Balaban J connectivity index is 2.28. The number of rotatable bonds is 4. The number of esters is 1. The first kappa shape index (κ1) is 13.9. The summed E-state index contributed by atoms with van der Waals surface area (Å²) in [4.78, 5) is 26.8. The number of aryl methyl sites for hydroxylation is 1. The van der Waals surface area contributed by atoms with Crippen LogP contribution in [0.5, 0.6) is 0 Å². The largest absolute Gasteiger partial charge is 0.461 e. The van der Waals surface area contributed by atoms with Gasteiger partial charge >= 0.3 is 5.97 Å². The number of nitrogens with zero attached hydrogens (tertiary/aromatic N) is 1. The molecule has 0 atom stereocenters. The minimum Gasteiger partial charge on any atom is -0.461 e. The van der Waals surface area contributed by atoms with Crippen molar-refractivity contribution in [2.75, 3.05) is 11.9 Å². The minimum absolute atomic E-state index is 0.275. The monoisotopic (exact) mass is 277 g/mol. The van der Waals surface area contributed by atoms with E-state index in [0.29, 0.717) is 22.6 Å². The van der Waals surface area contributed by atoms with Crippen molar-refractivity contribution in [2.45, 2.75) is 20.8 Å². The summed E-state index contributed by atoms with van der Waals surface area (Å²) in [6, 6.07) is 1.53. The lowest BCUT2D eigenvalue weighted by Gasteiger charge is -2.03. The molecule has 20 heavy (non-hydrogen) atoms. The van der Waals surface area contributed by atoms with Gasteiger partial charge in [0.2, 0.25) is 0 Å². The summed E-state index contributed by atoms with van der Waals surface area (Å²) in [5.74, 6) is -0.526. The van der Waals surface area contributed by atoms with Gasteiger partial charge < -0.3 is 19.6 Å². The smallest absolute Gasteiger partial charge is 0.355 e. The third kappa shape index (κ3) is 2.56. The number of ether oxygens (including phenoxy) is 1. The molecule has 2 aromatic rings. The highest BCUT2D eigenvalue weighted by atomic mass is 16.5. The molecule has 0 unspecified atom stereocenters. The fraction of sp³-hybridized carbons (Fsp3) is 0.308. The first-order chi connectivity index (χ1) is 9.54. The number of carbonyl (C=O) groups excluding carboxylic acids is 2. The van der Waals surface area contributed by atoms with Crippen molar-refractivity contribution in [3.8, 4) is 0 Å². The normalized spacial score (nSPS) is 10.3. The molecule has 0 aromatic carbocycles.